The summed E-state index contributed by atoms with van der Waals surface area (Å²) in [6.07, 6.45) is 6.05. The zero-order chi connectivity index (χ0) is 23.0. The third-order valence-electron chi connectivity index (χ3n) is 6.66. The van der Waals surface area contributed by atoms with E-state index in [-0.39, 0.29) is 48.3 Å². The minimum atomic E-state index is -1.22. The van der Waals surface area contributed by atoms with E-state index in [0.29, 0.717) is 24.6 Å². The van der Waals surface area contributed by atoms with E-state index in [1.54, 1.807) is 11.6 Å². The van der Waals surface area contributed by atoms with Crippen molar-refractivity contribution in [1.82, 2.24) is 19.8 Å². The highest BCUT2D eigenvalue weighted by Gasteiger charge is 2.44. The molecule has 7 nitrogen and oxygen atoms in total. The van der Waals surface area contributed by atoms with Crippen LogP contribution in [0, 0.1) is 23.4 Å². The summed E-state index contributed by atoms with van der Waals surface area (Å²) in [5, 5.41) is 2.65. The molecule has 2 aliphatic rings. The topological polar surface area (TPSA) is 93.2 Å². The largest absolute Gasteiger partial charge is 0.342 e. The Morgan fingerprint density at radius 2 is 1.81 bits per heavy atom. The van der Waals surface area contributed by atoms with Crippen LogP contribution in [0.25, 0.3) is 0 Å². The Morgan fingerprint density at radius 1 is 1.16 bits per heavy atom. The highest BCUT2D eigenvalue weighted by atomic mass is 19.2. The molecule has 1 aromatic carbocycles. The second kappa shape index (κ2) is 8.93. The summed E-state index contributed by atoms with van der Waals surface area (Å²) in [6, 6.07) is 0.978. The summed E-state index contributed by atoms with van der Waals surface area (Å²) in [5.41, 5.74) is 6.75. The van der Waals surface area contributed by atoms with Gasteiger partial charge < -0.3 is 20.5 Å². The van der Waals surface area contributed by atoms with Crippen molar-refractivity contribution in [1.29, 1.82) is 0 Å². The van der Waals surface area contributed by atoms with Crippen molar-refractivity contribution in [2.24, 2.45) is 18.7 Å². The molecule has 10 heteroatoms. The molecule has 4 rings (SSSR count). The molecule has 3 N–H and O–H groups in total. The van der Waals surface area contributed by atoms with Crippen molar-refractivity contribution in [2.75, 3.05) is 6.54 Å². The molecule has 172 valence electrons. The number of amides is 2. The first-order chi connectivity index (χ1) is 15.2. The Kier molecular flexibility index (Phi) is 6.23. The number of fused-ring (bicyclic) bond motifs is 2. The van der Waals surface area contributed by atoms with Gasteiger partial charge in [-0.15, -0.1) is 0 Å². The summed E-state index contributed by atoms with van der Waals surface area (Å²) in [7, 11) is 1.70. The van der Waals surface area contributed by atoms with Gasteiger partial charge in [-0.1, -0.05) is 0 Å². The smallest absolute Gasteiger partial charge is 0.269 e. The Bertz CT molecular complexity index is 1010. The number of imidazole rings is 1. The van der Waals surface area contributed by atoms with Crippen molar-refractivity contribution >= 4 is 11.8 Å². The molecule has 2 amide bonds. The van der Waals surface area contributed by atoms with Gasteiger partial charge in [0.05, 0.1) is 19.1 Å². The van der Waals surface area contributed by atoms with Gasteiger partial charge in [0.15, 0.2) is 11.6 Å². The molecule has 4 atom stereocenters. The van der Waals surface area contributed by atoms with Gasteiger partial charge in [-0.25, -0.2) is 18.2 Å². The van der Waals surface area contributed by atoms with Gasteiger partial charge in [-0.3, -0.25) is 9.59 Å². The Balaban J connectivity index is 1.35. The van der Waals surface area contributed by atoms with Gasteiger partial charge in [-0.2, -0.15) is 0 Å². The number of aromatic nitrogens is 2. The van der Waals surface area contributed by atoms with Crippen LogP contribution < -0.4 is 11.1 Å². The van der Waals surface area contributed by atoms with E-state index in [1.807, 2.05) is 4.90 Å². The van der Waals surface area contributed by atoms with Gasteiger partial charge in [0.2, 0.25) is 5.91 Å². The molecule has 2 unspecified atom stereocenters. The molecule has 2 aliphatic heterocycles. The van der Waals surface area contributed by atoms with Crippen LogP contribution >= 0.6 is 0 Å². The first-order valence-electron chi connectivity index (χ1n) is 10.7. The number of piperidine rings is 1. The van der Waals surface area contributed by atoms with E-state index in [9.17, 15) is 22.8 Å². The van der Waals surface area contributed by atoms with Gasteiger partial charge in [-0.05, 0) is 49.7 Å². The van der Waals surface area contributed by atoms with Crippen LogP contribution in [0.5, 0.6) is 0 Å². The van der Waals surface area contributed by atoms with Crippen molar-refractivity contribution in [3.05, 3.63) is 53.4 Å². The average molecular weight is 449 g/mol. The standard InChI is InChI=1S/C22H26F3N5O2/c1-29-11-27-9-20(29)22(32)28-10-21(31)30-14-2-3-15(30)5-13(4-14)19(26)7-12-6-17(24)18(25)8-16(12)23/h6,8-9,11,13-15,19H,2-5,7,10,26H2,1H3,(H,28,32)/t13?,14-,15+,19?. The normalized spacial score (nSPS) is 23.3. The summed E-state index contributed by atoms with van der Waals surface area (Å²) in [4.78, 5) is 30.8. The van der Waals surface area contributed by atoms with E-state index in [1.165, 1.54) is 12.5 Å². The SMILES string of the molecule is Cn1cncc1C(=O)NCC(=O)N1[C@@H]2CC[C@H]1CC(C(N)Cc1cc(F)c(F)cc1F)C2. The number of nitrogens with one attached hydrogen (secondary N) is 1. The third-order valence-corrected chi connectivity index (χ3v) is 6.66. The number of aryl methyl sites for hydroxylation is 1. The van der Waals surface area contributed by atoms with Crippen molar-refractivity contribution in [3.63, 3.8) is 0 Å². The minimum Gasteiger partial charge on any atom is -0.342 e. The summed E-state index contributed by atoms with van der Waals surface area (Å²) in [6.45, 7) is -0.103. The number of hydrogen-bond donors (Lipinski definition) is 2. The zero-order valence-corrected chi connectivity index (χ0v) is 17.7. The Labute approximate surface area is 183 Å². The fourth-order valence-electron chi connectivity index (χ4n) is 5.03. The van der Waals surface area contributed by atoms with Crippen LogP contribution in [0.3, 0.4) is 0 Å². The van der Waals surface area contributed by atoms with E-state index in [0.717, 1.165) is 18.9 Å². The molecule has 2 saturated heterocycles. The number of hydrogen-bond acceptors (Lipinski definition) is 4. The fraction of sp³-hybridized carbons (Fsp3) is 0.500. The second-order valence-electron chi connectivity index (χ2n) is 8.72. The summed E-state index contributed by atoms with van der Waals surface area (Å²) in [5.74, 6) is -3.60. The van der Waals surface area contributed by atoms with Crippen molar-refractivity contribution < 1.29 is 22.8 Å². The van der Waals surface area contributed by atoms with Gasteiger partial charge in [0.25, 0.3) is 5.91 Å². The Morgan fingerprint density at radius 3 is 2.44 bits per heavy atom. The number of halogens is 3. The molecule has 0 radical (unpaired) electrons. The van der Waals surface area contributed by atoms with E-state index >= 15 is 0 Å². The molecule has 0 saturated carbocycles. The van der Waals surface area contributed by atoms with E-state index in [2.05, 4.69) is 10.3 Å². The van der Waals surface area contributed by atoms with E-state index < -0.39 is 23.5 Å². The van der Waals surface area contributed by atoms with Crippen molar-refractivity contribution in [2.45, 2.75) is 50.2 Å². The minimum absolute atomic E-state index is 0.000654. The maximum atomic E-state index is 14.0. The van der Waals surface area contributed by atoms with Crippen LogP contribution in [0.4, 0.5) is 13.2 Å². The van der Waals surface area contributed by atoms with Crippen LogP contribution in [0.15, 0.2) is 24.7 Å². The lowest BCUT2D eigenvalue weighted by Gasteiger charge is -2.41. The highest BCUT2D eigenvalue weighted by Crippen LogP contribution is 2.40. The molecule has 2 aromatic rings. The lowest BCUT2D eigenvalue weighted by molar-refractivity contribution is -0.135. The van der Waals surface area contributed by atoms with E-state index in [4.69, 9.17) is 5.73 Å². The summed E-state index contributed by atoms with van der Waals surface area (Å²) >= 11 is 0. The first-order valence-corrected chi connectivity index (χ1v) is 10.7. The number of nitrogens with two attached hydrogens (primary N) is 1. The maximum Gasteiger partial charge on any atom is 0.269 e. The summed E-state index contributed by atoms with van der Waals surface area (Å²) < 4.78 is 42.3. The van der Waals surface area contributed by atoms with Crippen molar-refractivity contribution in [3.8, 4) is 0 Å². The number of nitrogens with zero attached hydrogens (tertiary/aromatic N) is 3. The zero-order valence-electron chi connectivity index (χ0n) is 17.7. The van der Waals surface area contributed by atoms with Crippen LogP contribution in [-0.4, -0.2) is 50.9 Å². The first kappa shape index (κ1) is 22.3. The lowest BCUT2D eigenvalue weighted by atomic mass is 9.82. The Hall–Kier alpha value is -2.88. The monoisotopic (exact) mass is 449 g/mol. The fourth-order valence-corrected chi connectivity index (χ4v) is 5.03. The molecule has 2 fully saturated rings. The van der Waals surface area contributed by atoms with Gasteiger partial charge in [0, 0.05) is 31.2 Å². The average Bonchev–Trinajstić information content (AvgIpc) is 3.29. The highest BCUT2D eigenvalue weighted by molar-refractivity contribution is 5.95. The molecule has 0 spiro atoms. The molecule has 1 aromatic heterocycles. The lowest BCUT2D eigenvalue weighted by Crippen LogP contribution is -2.52. The quantitative estimate of drug-likeness (QED) is 0.659. The predicted octanol–water partition coefficient (Wildman–Crippen LogP) is 1.91. The number of benzene rings is 1. The third kappa shape index (κ3) is 4.36. The van der Waals surface area contributed by atoms with Gasteiger partial charge >= 0.3 is 0 Å². The maximum absolute atomic E-state index is 14.0. The van der Waals surface area contributed by atoms with Crippen LogP contribution in [0.2, 0.25) is 0 Å². The van der Waals surface area contributed by atoms with Crippen LogP contribution in [-0.2, 0) is 18.3 Å². The number of carbonyl (C=O) groups is 2. The second-order valence-corrected chi connectivity index (χ2v) is 8.72. The number of rotatable bonds is 6. The number of carbonyl (C=O) groups excluding carboxylic acids is 2. The molecule has 3 heterocycles. The van der Waals surface area contributed by atoms with Crippen LogP contribution in [0.1, 0.15) is 41.7 Å². The predicted molar refractivity (Wildman–Crippen MR) is 110 cm³/mol. The molecule has 2 bridgehead atoms. The molecule has 32 heavy (non-hydrogen) atoms. The molecular weight excluding hydrogens is 423 g/mol. The molecule has 0 aliphatic carbocycles. The molecular formula is C22H26F3N5O2. The van der Waals surface area contributed by atoms with Gasteiger partial charge in [0.1, 0.15) is 11.5 Å².